The van der Waals surface area contributed by atoms with Crippen LogP contribution in [0.25, 0.3) is 0 Å². The summed E-state index contributed by atoms with van der Waals surface area (Å²) in [6.07, 6.45) is 1.15. The first-order valence-electron chi connectivity index (χ1n) is 9.35. The van der Waals surface area contributed by atoms with Crippen LogP contribution in [0.3, 0.4) is 0 Å². The predicted molar refractivity (Wildman–Crippen MR) is 109 cm³/mol. The maximum Gasteiger partial charge on any atom is 0.221 e. The monoisotopic (exact) mass is 361 g/mol. The molecule has 0 bridgehead atoms. The number of benzene rings is 2. The molecule has 0 spiro atoms. The molecule has 1 unspecified atom stereocenters. The van der Waals surface area contributed by atoms with E-state index in [1.165, 1.54) is 11.1 Å². The Labute approximate surface area is 161 Å². The van der Waals surface area contributed by atoms with Gasteiger partial charge in [-0.05, 0) is 43.9 Å². The van der Waals surface area contributed by atoms with E-state index < -0.39 is 0 Å². The predicted octanol–water partition coefficient (Wildman–Crippen LogP) is 4.18. The van der Waals surface area contributed by atoms with Crippen LogP contribution in [-0.2, 0) is 18.3 Å². The van der Waals surface area contributed by atoms with Crippen molar-refractivity contribution in [1.82, 2.24) is 15.1 Å². The molecular weight excluding hydrogens is 334 g/mol. The Hall–Kier alpha value is -2.88. The summed E-state index contributed by atoms with van der Waals surface area (Å²) < 4.78 is 1.88. The van der Waals surface area contributed by atoms with Gasteiger partial charge in [-0.1, -0.05) is 60.2 Å². The van der Waals surface area contributed by atoms with E-state index in [1.807, 2.05) is 43.8 Å². The molecule has 27 heavy (non-hydrogen) atoms. The van der Waals surface area contributed by atoms with Crippen LogP contribution in [0.5, 0.6) is 0 Å². The first-order valence-corrected chi connectivity index (χ1v) is 9.35. The summed E-state index contributed by atoms with van der Waals surface area (Å²) in [6.45, 7) is 6.12. The van der Waals surface area contributed by atoms with Gasteiger partial charge in [0.15, 0.2) is 0 Å². The Morgan fingerprint density at radius 2 is 1.63 bits per heavy atom. The van der Waals surface area contributed by atoms with Gasteiger partial charge < -0.3 is 5.32 Å². The average molecular weight is 361 g/mol. The lowest BCUT2D eigenvalue weighted by Crippen LogP contribution is -2.29. The van der Waals surface area contributed by atoms with E-state index in [-0.39, 0.29) is 11.9 Å². The third-order valence-corrected chi connectivity index (χ3v) is 5.11. The molecule has 1 amide bonds. The van der Waals surface area contributed by atoms with E-state index >= 15 is 0 Å². The molecule has 1 N–H and O–H groups in total. The molecule has 1 atom stereocenters. The van der Waals surface area contributed by atoms with Crippen LogP contribution < -0.4 is 5.32 Å². The van der Waals surface area contributed by atoms with E-state index in [4.69, 9.17) is 0 Å². The lowest BCUT2D eigenvalue weighted by Gasteiger charge is -2.20. The summed E-state index contributed by atoms with van der Waals surface area (Å²) in [5.74, 6) is 0.0482. The molecule has 0 fully saturated rings. The van der Waals surface area contributed by atoms with E-state index in [9.17, 15) is 4.79 Å². The Bertz CT molecular complexity index is 911. The normalized spacial score (nSPS) is 12.0. The minimum absolute atomic E-state index is 0.0482. The smallest absolute Gasteiger partial charge is 0.221 e. The number of rotatable bonds is 6. The number of aromatic nitrogens is 2. The third kappa shape index (κ3) is 4.45. The molecule has 0 aliphatic rings. The molecule has 0 radical (unpaired) electrons. The largest absolute Gasteiger partial charge is 0.345 e. The van der Waals surface area contributed by atoms with Crippen LogP contribution in [0.4, 0.5) is 0 Å². The number of aryl methyl sites for hydroxylation is 3. The fourth-order valence-corrected chi connectivity index (χ4v) is 3.41. The van der Waals surface area contributed by atoms with Gasteiger partial charge >= 0.3 is 0 Å². The van der Waals surface area contributed by atoms with E-state index in [0.29, 0.717) is 12.8 Å². The van der Waals surface area contributed by atoms with Crippen molar-refractivity contribution in [2.75, 3.05) is 0 Å². The third-order valence-electron chi connectivity index (χ3n) is 5.11. The highest BCUT2D eigenvalue weighted by Crippen LogP contribution is 2.23. The second-order valence-electron chi connectivity index (χ2n) is 7.09. The van der Waals surface area contributed by atoms with Gasteiger partial charge in [-0.25, -0.2) is 0 Å². The average Bonchev–Trinajstić information content (AvgIpc) is 2.91. The Morgan fingerprint density at radius 1 is 1.00 bits per heavy atom. The van der Waals surface area contributed by atoms with Gasteiger partial charge in [0.25, 0.3) is 0 Å². The molecule has 0 saturated heterocycles. The van der Waals surface area contributed by atoms with Crippen LogP contribution in [0.2, 0.25) is 0 Å². The van der Waals surface area contributed by atoms with Crippen molar-refractivity contribution in [3.63, 3.8) is 0 Å². The summed E-state index contributed by atoms with van der Waals surface area (Å²) in [7, 11) is 1.94. The maximum absolute atomic E-state index is 12.7. The fraction of sp³-hybridized carbons (Fsp3) is 0.304. The molecule has 4 nitrogen and oxygen atoms in total. The summed E-state index contributed by atoms with van der Waals surface area (Å²) in [5.41, 5.74) is 6.68. The number of amides is 1. The lowest BCUT2D eigenvalue weighted by atomic mass is 9.97. The molecule has 1 heterocycles. The molecule has 0 saturated carbocycles. The van der Waals surface area contributed by atoms with Gasteiger partial charge in [0, 0.05) is 19.2 Å². The highest BCUT2D eigenvalue weighted by atomic mass is 16.1. The highest BCUT2D eigenvalue weighted by Gasteiger charge is 2.18. The number of hydrogen-bond donors (Lipinski definition) is 1. The first kappa shape index (κ1) is 18.9. The van der Waals surface area contributed by atoms with Crippen molar-refractivity contribution >= 4 is 5.91 Å². The zero-order valence-corrected chi connectivity index (χ0v) is 16.5. The second kappa shape index (κ2) is 8.21. The van der Waals surface area contributed by atoms with Gasteiger partial charge in [0.05, 0.1) is 11.7 Å². The molecule has 3 aromatic rings. The van der Waals surface area contributed by atoms with Crippen LogP contribution in [0.15, 0.2) is 54.6 Å². The maximum atomic E-state index is 12.7. The summed E-state index contributed by atoms with van der Waals surface area (Å²) in [6, 6.07) is 18.3. The first-order chi connectivity index (χ1) is 13.0. The van der Waals surface area contributed by atoms with Crippen molar-refractivity contribution < 1.29 is 4.79 Å². The summed E-state index contributed by atoms with van der Waals surface area (Å²) in [4.78, 5) is 12.7. The fourth-order valence-electron chi connectivity index (χ4n) is 3.41. The van der Waals surface area contributed by atoms with Crippen molar-refractivity contribution in [3.05, 3.63) is 88.2 Å². The molecule has 0 aliphatic carbocycles. The summed E-state index contributed by atoms with van der Waals surface area (Å²) >= 11 is 0. The molecule has 4 heteroatoms. The van der Waals surface area contributed by atoms with Crippen LogP contribution in [0.1, 0.15) is 46.1 Å². The molecule has 2 aromatic carbocycles. The molecule has 0 aliphatic heterocycles. The van der Waals surface area contributed by atoms with Gasteiger partial charge in [0.1, 0.15) is 0 Å². The SMILES string of the molecule is Cc1ccc(C(NC(=O)CCc2c(C)nn(C)c2C)c2ccccc2)cc1. The number of carbonyl (C=O) groups excluding carboxylic acids is 1. The highest BCUT2D eigenvalue weighted by molar-refractivity contribution is 5.77. The minimum Gasteiger partial charge on any atom is -0.345 e. The minimum atomic E-state index is -0.143. The summed E-state index contributed by atoms with van der Waals surface area (Å²) in [5, 5.41) is 7.66. The number of carbonyl (C=O) groups is 1. The van der Waals surface area contributed by atoms with Crippen LogP contribution in [-0.4, -0.2) is 15.7 Å². The zero-order chi connectivity index (χ0) is 19.4. The van der Waals surface area contributed by atoms with Crippen LogP contribution >= 0.6 is 0 Å². The van der Waals surface area contributed by atoms with Crippen LogP contribution in [0, 0.1) is 20.8 Å². The van der Waals surface area contributed by atoms with Crippen molar-refractivity contribution in [2.45, 2.75) is 39.7 Å². The Kier molecular flexibility index (Phi) is 5.75. The van der Waals surface area contributed by atoms with E-state index in [2.05, 4.69) is 53.7 Å². The topological polar surface area (TPSA) is 46.9 Å². The zero-order valence-electron chi connectivity index (χ0n) is 16.5. The van der Waals surface area contributed by atoms with E-state index in [1.54, 1.807) is 0 Å². The van der Waals surface area contributed by atoms with Crippen molar-refractivity contribution in [2.24, 2.45) is 7.05 Å². The van der Waals surface area contributed by atoms with Crippen molar-refractivity contribution in [1.29, 1.82) is 0 Å². The van der Waals surface area contributed by atoms with Gasteiger partial charge in [-0.15, -0.1) is 0 Å². The number of nitrogens with zero attached hydrogens (tertiary/aromatic N) is 2. The number of nitrogens with one attached hydrogen (secondary N) is 1. The molecule has 140 valence electrons. The number of hydrogen-bond acceptors (Lipinski definition) is 2. The Balaban J connectivity index is 1.75. The Morgan fingerprint density at radius 3 is 2.22 bits per heavy atom. The quantitative estimate of drug-likeness (QED) is 0.716. The van der Waals surface area contributed by atoms with Gasteiger partial charge in [-0.3, -0.25) is 9.48 Å². The molecular formula is C23H27N3O. The molecule has 3 rings (SSSR count). The lowest BCUT2D eigenvalue weighted by molar-refractivity contribution is -0.121. The van der Waals surface area contributed by atoms with Crippen molar-refractivity contribution in [3.8, 4) is 0 Å². The van der Waals surface area contributed by atoms with Gasteiger partial charge in [-0.2, -0.15) is 5.10 Å². The molecule has 1 aromatic heterocycles. The van der Waals surface area contributed by atoms with E-state index in [0.717, 1.165) is 22.5 Å². The standard InChI is InChI=1S/C23H27N3O/c1-16-10-12-20(13-11-16)23(19-8-6-5-7-9-19)24-22(27)15-14-21-17(2)25-26(4)18(21)3/h5-13,23H,14-15H2,1-4H3,(H,24,27). The second-order valence-corrected chi connectivity index (χ2v) is 7.09. The van der Waals surface area contributed by atoms with Gasteiger partial charge in [0.2, 0.25) is 5.91 Å².